The smallest absolute Gasteiger partial charge is 0.317 e. The number of amides is 2. The van der Waals surface area contributed by atoms with Gasteiger partial charge in [-0.05, 0) is 35.9 Å². The molecule has 1 saturated heterocycles. The topological polar surface area (TPSA) is 106 Å². The molecule has 8 nitrogen and oxygen atoms in total. The van der Waals surface area contributed by atoms with Crippen LogP contribution in [0, 0.1) is 5.82 Å². The third-order valence-corrected chi connectivity index (χ3v) is 6.69. The highest BCUT2D eigenvalue weighted by molar-refractivity contribution is 7.89. The van der Waals surface area contributed by atoms with Gasteiger partial charge in [0.25, 0.3) is 0 Å². The molecule has 0 saturated carbocycles. The average molecular weight is 446 g/mol. The number of carbonyl (C=O) groups excluding carboxylic acids is 1. The van der Waals surface area contributed by atoms with Crippen LogP contribution in [0.4, 0.5) is 9.18 Å². The minimum Gasteiger partial charge on any atom is -0.360 e. The van der Waals surface area contributed by atoms with E-state index in [2.05, 4.69) is 20.3 Å². The molecule has 0 aliphatic carbocycles. The molecule has 164 valence electrons. The fraction of sp³-hybridized carbons (Fsp3) is 0.286. The Morgan fingerprint density at radius 2 is 1.81 bits per heavy atom. The first kappa shape index (κ1) is 21.3. The molecule has 0 atom stereocenters. The largest absolute Gasteiger partial charge is 0.360 e. The summed E-state index contributed by atoms with van der Waals surface area (Å²) < 4.78 is 41.0. The quantitative estimate of drug-likeness (QED) is 0.435. The number of halogens is 1. The predicted molar refractivity (Wildman–Crippen MR) is 117 cm³/mol. The second-order valence-electron chi connectivity index (χ2n) is 7.28. The number of nitrogens with one attached hydrogen (secondary N) is 4. The summed E-state index contributed by atoms with van der Waals surface area (Å²) in [5, 5.41) is 6.75. The van der Waals surface area contributed by atoms with Gasteiger partial charge in [0.2, 0.25) is 10.0 Å². The second-order valence-corrected chi connectivity index (χ2v) is 9.05. The van der Waals surface area contributed by atoms with Crippen LogP contribution in [-0.2, 0) is 10.0 Å². The molecule has 4 rings (SSSR count). The average Bonchev–Trinajstić information content (AvgIpc) is 3.20. The SMILES string of the molecule is O=C(NCCNS(=O)(=O)c1ccc(-c2c[nH]c3cc(F)ccc23)cc1)N1CCNCC1. The van der Waals surface area contributed by atoms with Crippen molar-refractivity contribution in [3.05, 3.63) is 54.5 Å². The lowest BCUT2D eigenvalue weighted by Gasteiger charge is -2.27. The van der Waals surface area contributed by atoms with Crippen LogP contribution in [0.2, 0.25) is 0 Å². The molecule has 3 aromatic rings. The summed E-state index contributed by atoms with van der Waals surface area (Å²) >= 11 is 0. The normalized spacial score (nSPS) is 14.7. The van der Waals surface area contributed by atoms with Crippen molar-refractivity contribution in [3.63, 3.8) is 0 Å². The van der Waals surface area contributed by atoms with Gasteiger partial charge in [0.05, 0.1) is 4.90 Å². The molecule has 2 amide bonds. The summed E-state index contributed by atoms with van der Waals surface area (Å²) in [5.74, 6) is -0.322. The molecule has 4 N–H and O–H groups in total. The van der Waals surface area contributed by atoms with E-state index in [0.29, 0.717) is 18.6 Å². The first-order chi connectivity index (χ1) is 14.9. The van der Waals surface area contributed by atoms with E-state index in [9.17, 15) is 17.6 Å². The van der Waals surface area contributed by atoms with Crippen molar-refractivity contribution in [1.29, 1.82) is 0 Å². The zero-order valence-electron chi connectivity index (χ0n) is 16.8. The van der Waals surface area contributed by atoms with Gasteiger partial charge < -0.3 is 20.5 Å². The van der Waals surface area contributed by atoms with Crippen molar-refractivity contribution in [3.8, 4) is 11.1 Å². The van der Waals surface area contributed by atoms with Crippen LogP contribution in [0.25, 0.3) is 22.0 Å². The first-order valence-electron chi connectivity index (χ1n) is 10.0. The van der Waals surface area contributed by atoms with Gasteiger partial charge in [-0.15, -0.1) is 0 Å². The monoisotopic (exact) mass is 445 g/mol. The fourth-order valence-corrected chi connectivity index (χ4v) is 4.60. The summed E-state index contributed by atoms with van der Waals surface area (Å²) in [7, 11) is -3.70. The third kappa shape index (κ3) is 4.87. The molecule has 2 aromatic carbocycles. The minimum atomic E-state index is -3.70. The number of urea groups is 1. The lowest BCUT2D eigenvalue weighted by Crippen LogP contribution is -2.51. The molecule has 0 radical (unpaired) electrons. The Labute approximate surface area is 179 Å². The van der Waals surface area contributed by atoms with E-state index in [4.69, 9.17) is 0 Å². The Bertz CT molecular complexity index is 1170. The van der Waals surface area contributed by atoms with Crippen molar-refractivity contribution in [1.82, 2.24) is 25.2 Å². The van der Waals surface area contributed by atoms with Crippen molar-refractivity contribution >= 4 is 27.0 Å². The number of aromatic amines is 1. The third-order valence-electron chi connectivity index (χ3n) is 5.22. The van der Waals surface area contributed by atoms with E-state index >= 15 is 0 Å². The number of benzene rings is 2. The van der Waals surface area contributed by atoms with Gasteiger partial charge >= 0.3 is 6.03 Å². The van der Waals surface area contributed by atoms with Crippen LogP contribution in [0.15, 0.2) is 53.6 Å². The Hall–Kier alpha value is -2.95. The van der Waals surface area contributed by atoms with Crippen molar-refractivity contribution < 1.29 is 17.6 Å². The summed E-state index contributed by atoms with van der Waals surface area (Å²) in [6.45, 7) is 3.07. The molecular formula is C21H24FN5O3S. The number of nitrogens with zero attached hydrogens (tertiary/aromatic N) is 1. The van der Waals surface area contributed by atoms with E-state index in [1.807, 2.05) is 0 Å². The Morgan fingerprint density at radius 3 is 2.55 bits per heavy atom. The Morgan fingerprint density at radius 1 is 1.06 bits per heavy atom. The molecule has 1 aliphatic heterocycles. The number of rotatable bonds is 6. The maximum atomic E-state index is 13.4. The second kappa shape index (κ2) is 9.04. The molecule has 0 bridgehead atoms. The Kier molecular flexibility index (Phi) is 6.21. The number of fused-ring (bicyclic) bond motifs is 1. The minimum absolute atomic E-state index is 0.0932. The number of carbonyl (C=O) groups is 1. The zero-order chi connectivity index (χ0) is 21.8. The van der Waals surface area contributed by atoms with E-state index in [0.717, 1.165) is 29.6 Å². The summed E-state index contributed by atoms with van der Waals surface area (Å²) in [5.41, 5.74) is 2.36. The summed E-state index contributed by atoms with van der Waals surface area (Å²) in [6.07, 6.45) is 1.77. The molecule has 0 unspecified atom stereocenters. The number of aromatic nitrogens is 1. The highest BCUT2D eigenvalue weighted by Gasteiger charge is 2.17. The first-order valence-corrected chi connectivity index (χ1v) is 11.5. The molecule has 0 spiro atoms. The van der Waals surface area contributed by atoms with Gasteiger partial charge in [0.15, 0.2) is 0 Å². The highest BCUT2D eigenvalue weighted by Crippen LogP contribution is 2.29. The number of hydrogen-bond donors (Lipinski definition) is 4. The molecule has 1 aliphatic rings. The maximum Gasteiger partial charge on any atom is 0.317 e. The van der Waals surface area contributed by atoms with Gasteiger partial charge in [-0.2, -0.15) is 0 Å². The number of H-pyrrole nitrogens is 1. The van der Waals surface area contributed by atoms with Crippen molar-refractivity contribution in [2.75, 3.05) is 39.3 Å². The van der Waals surface area contributed by atoms with Gasteiger partial charge in [-0.3, -0.25) is 0 Å². The van der Waals surface area contributed by atoms with Crippen LogP contribution in [0.5, 0.6) is 0 Å². The van der Waals surface area contributed by atoms with Crippen LogP contribution < -0.4 is 15.4 Å². The lowest BCUT2D eigenvalue weighted by molar-refractivity contribution is 0.190. The van der Waals surface area contributed by atoms with Gasteiger partial charge in [-0.1, -0.05) is 12.1 Å². The molecule has 31 heavy (non-hydrogen) atoms. The van der Waals surface area contributed by atoms with E-state index in [-0.39, 0.29) is 29.8 Å². The van der Waals surface area contributed by atoms with Crippen LogP contribution in [-0.4, -0.2) is 63.6 Å². The number of hydrogen-bond acceptors (Lipinski definition) is 4. The molecule has 1 fully saturated rings. The number of sulfonamides is 1. The van der Waals surface area contributed by atoms with Crippen LogP contribution in [0.1, 0.15) is 0 Å². The van der Waals surface area contributed by atoms with Crippen LogP contribution in [0.3, 0.4) is 0 Å². The number of piperazine rings is 1. The molecule has 1 aromatic heterocycles. The lowest BCUT2D eigenvalue weighted by atomic mass is 10.1. The fourth-order valence-electron chi connectivity index (χ4n) is 3.57. The van der Waals surface area contributed by atoms with Crippen molar-refractivity contribution in [2.24, 2.45) is 0 Å². The predicted octanol–water partition coefficient (Wildman–Crippen LogP) is 1.87. The van der Waals surface area contributed by atoms with Gasteiger partial charge in [-0.25, -0.2) is 22.3 Å². The standard InChI is InChI=1S/C21H24FN5O3S/c22-16-3-6-18-19(14-25-20(18)13-16)15-1-4-17(5-2-15)31(29,30)26-8-7-24-21(28)27-11-9-23-10-12-27/h1-6,13-14,23,25-26H,7-12H2,(H,24,28). The van der Waals surface area contributed by atoms with E-state index in [1.165, 1.54) is 24.3 Å². The summed E-state index contributed by atoms with van der Waals surface area (Å²) in [6, 6.07) is 10.8. The molecule has 10 heteroatoms. The van der Waals surface area contributed by atoms with Crippen LogP contribution >= 0.6 is 0 Å². The summed E-state index contributed by atoms with van der Waals surface area (Å²) in [4.78, 5) is 16.9. The van der Waals surface area contributed by atoms with E-state index < -0.39 is 10.0 Å². The van der Waals surface area contributed by atoms with Gasteiger partial charge in [0.1, 0.15) is 5.82 Å². The molecular weight excluding hydrogens is 421 g/mol. The van der Waals surface area contributed by atoms with Crippen molar-refractivity contribution in [2.45, 2.75) is 4.90 Å². The molecule has 2 heterocycles. The Balaban J connectivity index is 1.35. The van der Waals surface area contributed by atoms with E-state index in [1.54, 1.807) is 29.3 Å². The zero-order valence-corrected chi connectivity index (χ0v) is 17.6. The highest BCUT2D eigenvalue weighted by atomic mass is 32.2. The van der Waals surface area contributed by atoms with Gasteiger partial charge in [0, 0.05) is 61.9 Å². The maximum absolute atomic E-state index is 13.4.